The van der Waals surface area contributed by atoms with Crippen LogP contribution in [0.1, 0.15) is 81.4 Å². The molecule has 0 amide bonds. The third-order valence-electron chi connectivity index (χ3n) is 7.95. The quantitative estimate of drug-likeness (QED) is 0.227. The first kappa shape index (κ1) is 26.6. The van der Waals surface area contributed by atoms with Crippen molar-refractivity contribution < 1.29 is 17.9 Å². The summed E-state index contributed by atoms with van der Waals surface area (Å²) in [4.78, 5) is 0. The highest BCUT2D eigenvalue weighted by molar-refractivity contribution is 5.84. The van der Waals surface area contributed by atoms with Gasteiger partial charge in [0.2, 0.25) is 0 Å². The minimum atomic E-state index is -2.83. The van der Waals surface area contributed by atoms with Gasteiger partial charge in [0.05, 0.1) is 0 Å². The highest BCUT2D eigenvalue weighted by Crippen LogP contribution is 2.34. The van der Waals surface area contributed by atoms with Gasteiger partial charge < -0.3 is 4.74 Å². The third kappa shape index (κ3) is 7.51. The Balaban J connectivity index is 1.29. The molecule has 0 spiro atoms. The van der Waals surface area contributed by atoms with E-state index in [1.165, 1.54) is 75.5 Å². The van der Waals surface area contributed by atoms with Crippen molar-refractivity contribution in [3.05, 3.63) is 77.1 Å². The van der Waals surface area contributed by atoms with Crippen LogP contribution in [0.3, 0.4) is 0 Å². The van der Waals surface area contributed by atoms with Crippen LogP contribution in [0.5, 0.6) is 5.75 Å². The lowest BCUT2D eigenvalue weighted by Gasteiger charge is -2.28. The average molecular weight is 497 g/mol. The van der Waals surface area contributed by atoms with Crippen LogP contribution in [0, 0.1) is 17.7 Å². The van der Waals surface area contributed by atoms with Gasteiger partial charge in [-0.3, -0.25) is 0 Å². The van der Waals surface area contributed by atoms with E-state index in [9.17, 15) is 8.78 Å². The predicted molar refractivity (Wildman–Crippen MR) is 142 cm³/mol. The van der Waals surface area contributed by atoms with E-state index in [1.807, 2.05) is 18.2 Å². The second-order valence-corrected chi connectivity index (χ2v) is 10.5. The van der Waals surface area contributed by atoms with Crippen molar-refractivity contribution in [2.24, 2.45) is 11.8 Å². The van der Waals surface area contributed by atoms with E-state index >= 15 is 4.39 Å². The fourth-order valence-corrected chi connectivity index (χ4v) is 5.71. The molecule has 3 aromatic carbocycles. The van der Waals surface area contributed by atoms with Crippen LogP contribution >= 0.6 is 0 Å². The zero-order valence-electron chi connectivity index (χ0n) is 21.5. The molecule has 0 aliphatic heterocycles. The third-order valence-corrected chi connectivity index (χ3v) is 7.95. The molecule has 1 nitrogen and oxygen atoms in total. The molecule has 0 saturated heterocycles. The molecule has 0 unspecified atom stereocenters. The number of alkyl halides is 2. The highest BCUT2D eigenvalue weighted by atomic mass is 19.3. The molecular weight excluding hydrogens is 457 g/mol. The number of unbranched alkanes of at least 4 members (excludes halogenated alkanes) is 2. The Labute approximate surface area is 214 Å². The van der Waals surface area contributed by atoms with Gasteiger partial charge in [0.1, 0.15) is 11.6 Å². The van der Waals surface area contributed by atoms with Crippen LogP contribution in [-0.2, 0) is 19.3 Å². The SMILES string of the molecule is CCCCCC1CCC(CCc2ccc3c(F)c(CCc4ccc(OC(F)F)cc4)ccc3c2)CC1. The summed E-state index contributed by atoms with van der Waals surface area (Å²) in [6.07, 6.45) is 14.5. The van der Waals surface area contributed by atoms with Crippen molar-refractivity contribution in [1.29, 1.82) is 0 Å². The maximum atomic E-state index is 15.2. The Hall–Kier alpha value is -2.49. The van der Waals surface area contributed by atoms with E-state index in [1.54, 1.807) is 12.1 Å². The van der Waals surface area contributed by atoms with Crippen LogP contribution in [0.25, 0.3) is 10.8 Å². The molecule has 4 heteroatoms. The largest absolute Gasteiger partial charge is 0.435 e. The Morgan fingerprint density at radius 1 is 0.778 bits per heavy atom. The van der Waals surface area contributed by atoms with E-state index in [0.717, 1.165) is 29.2 Å². The fraction of sp³-hybridized carbons (Fsp3) is 0.500. The van der Waals surface area contributed by atoms with Gasteiger partial charge in [-0.25, -0.2) is 4.39 Å². The van der Waals surface area contributed by atoms with E-state index in [2.05, 4.69) is 23.8 Å². The lowest BCUT2D eigenvalue weighted by atomic mass is 9.77. The summed E-state index contributed by atoms with van der Waals surface area (Å²) < 4.78 is 44.2. The van der Waals surface area contributed by atoms with Crippen LogP contribution < -0.4 is 4.74 Å². The van der Waals surface area contributed by atoms with Crippen molar-refractivity contribution in [1.82, 2.24) is 0 Å². The predicted octanol–water partition coefficient (Wildman–Crippen LogP) is 9.68. The number of hydrogen-bond acceptors (Lipinski definition) is 1. The first-order valence-corrected chi connectivity index (χ1v) is 13.8. The summed E-state index contributed by atoms with van der Waals surface area (Å²) >= 11 is 0. The molecule has 0 atom stereocenters. The Bertz CT molecular complexity index is 1080. The van der Waals surface area contributed by atoms with Crippen LogP contribution in [0.15, 0.2) is 54.6 Å². The molecule has 0 bridgehead atoms. The van der Waals surface area contributed by atoms with Gasteiger partial charge >= 0.3 is 6.61 Å². The molecule has 0 radical (unpaired) electrons. The zero-order valence-corrected chi connectivity index (χ0v) is 21.5. The molecule has 0 aromatic heterocycles. The van der Waals surface area contributed by atoms with E-state index < -0.39 is 6.61 Å². The summed E-state index contributed by atoms with van der Waals surface area (Å²) in [5, 5.41) is 1.63. The fourth-order valence-electron chi connectivity index (χ4n) is 5.71. The second-order valence-electron chi connectivity index (χ2n) is 10.5. The minimum Gasteiger partial charge on any atom is -0.435 e. The maximum absolute atomic E-state index is 15.2. The van der Waals surface area contributed by atoms with Gasteiger partial charge in [0.15, 0.2) is 0 Å². The first-order chi connectivity index (χ1) is 17.5. The van der Waals surface area contributed by atoms with Gasteiger partial charge in [0.25, 0.3) is 0 Å². The summed E-state index contributed by atoms with van der Waals surface area (Å²) in [6.45, 7) is -0.554. The number of aryl methyl sites for hydroxylation is 3. The van der Waals surface area contributed by atoms with E-state index in [-0.39, 0.29) is 11.6 Å². The van der Waals surface area contributed by atoms with Crippen molar-refractivity contribution in [2.45, 2.75) is 90.6 Å². The number of rotatable bonds is 12. The molecule has 4 rings (SSSR count). The number of fused-ring (bicyclic) bond motifs is 1. The van der Waals surface area contributed by atoms with Gasteiger partial charge in [-0.05, 0) is 71.7 Å². The number of benzene rings is 3. The molecule has 194 valence electrons. The standard InChI is InChI=1S/C32H39F3O/c1-2-3-4-5-23-6-8-24(9-7-23)10-11-26-15-21-30-28(22-26)18-17-27(31(30)33)16-12-25-13-19-29(20-14-25)36-32(34)35/h13-15,17-24,32H,2-12,16H2,1H3. The Morgan fingerprint density at radius 3 is 2.17 bits per heavy atom. The first-order valence-electron chi connectivity index (χ1n) is 13.8. The lowest BCUT2D eigenvalue weighted by molar-refractivity contribution is -0.0498. The Kier molecular flexibility index (Phi) is 9.72. The average Bonchev–Trinajstić information content (AvgIpc) is 2.88. The van der Waals surface area contributed by atoms with Crippen molar-refractivity contribution in [3.63, 3.8) is 0 Å². The van der Waals surface area contributed by atoms with Gasteiger partial charge in [-0.2, -0.15) is 8.78 Å². The van der Waals surface area contributed by atoms with Crippen LogP contribution in [0.2, 0.25) is 0 Å². The van der Waals surface area contributed by atoms with Crippen molar-refractivity contribution in [2.75, 3.05) is 0 Å². The topological polar surface area (TPSA) is 9.23 Å². The number of ether oxygens (including phenoxy) is 1. The molecule has 0 N–H and O–H groups in total. The Morgan fingerprint density at radius 2 is 1.47 bits per heavy atom. The van der Waals surface area contributed by atoms with Crippen LogP contribution in [0.4, 0.5) is 13.2 Å². The molecule has 1 saturated carbocycles. The highest BCUT2D eigenvalue weighted by Gasteiger charge is 2.20. The van der Waals surface area contributed by atoms with Gasteiger partial charge in [-0.15, -0.1) is 0 Å². The van der Waals surface area contributed by atoms with Crippen molar-refractivity contribution >= 4 is 10.8 Å². The smallest absolute Gasteiger partial charge is 0.387 e. The van der Waals surface area contributed by atoms with Gasteiger partial charge in [0, 0.05) is 5.39 Å². The molecule has 36 heavy (non-hydrogen) atoms. The summed E-state index contributed by atoms with van der Waals surface area (Å²) in [6, 6.07) is 16.6. The minimum absolute atomic E-state index is 0.136. The lowest BCUT2D eigenvalue weighted by Crippen LogP contribution is -2.15. The summed E-state index contributed by atoms with van der Waals surface area (Å²) in [5.74, 6) is 1.76. The van der Waals surface area contributed by atoms with Crippen molar-refractivity contribution in [3.8, 4) is 5.75 Å². The van der Waals surface area contributed by atoms with Gasteiger partial charge in [-0.1, -0.05) is 101 Å². The number of halogens is 3. The zero-order chi connectivity index (χ0) is 25.3. The normalized spacial score (nSPS) is 18.1. The second kappa shape index (κ2) is 13.2. The molecule has 0 heterocycles. The molecular formula is C32H39F3O. The molecule has 1 fully saturated rings. The van der Waals surface area contributed by atoms with E-state index in [0.29, 0.717) is 23.8 Å². The van der Waals surface area contributed by atoms with Crippen LogP contribution in [-0.4, -0.2) is 6.61 Å². The summed E-state index contributed by atoms with van der Waals surface area (Å²) in [7, 11) is 0. The number of hydrogen-bond donors (Lipinski definition) is 0. The molecule has 3 aromatic rings. The van der Waals surface area contributed by atoms with E-state index in [4.69, 9.17) is 0 Å². The molecule has 1 aliphatic rings. The maximum Gasteiger partial charge on any atom is 0.387 e. The summed E-state index contributed by atoms with van der Waals surface area (Å²) in [5.41, 5.74) is 2.94. The molecule has 1 aliphatic carbocycles. The monoisotopic (exact) mass is 496 g/mol.